The molecule has 2 N–H and O–H groups in total. The van der Waals surface area contributed by atoms with Crippen LogP contribution >= 0.6 is 0 Å². The zero-order valence-electron chi connectivity index (χ0n) is 13.1. The minimum atomic E-state index is -1.14. The second kappa shape index (κ2) is 5.58. The molecule has 1 aromatic rings. The number of benzene rings is 1. The van der Waals surface area contributed by atoms with E-state index in [1.807, 2.05) is 0 Å². The molecule has 0 bridgehead atoms. The first-order valence-electron chi connectivity index (χ1n) is 7.96. The highest BCUT2D eigenvalue weighted by atomic mass is 19.2. The van der Waals surface area contributed by atoms with Gasteiger partial charge in [-0.05, 0) is 37.8 Å². The molecule has 1 heterocycles. The molecule has 2 amide bonds. The molecule has 6 heteroatoms. The highest BCUT2D eigenvalue weighted by Gasteiger charge is 2.54. The van der Waals surface area contributed by atoms with Gasteiger partial charge < -0.3 is 10.6 Å². The van der Waals surface area contributed by atoms with Crippen molar-refractivity contribution in [3.8, 4) is 0 Å². The third-order valence-corrected chi connectivity index (χ3v) is 5.31. The van der Waals surface area contributed by atoms with E-state index in [1.165, 1.54) is 11.0 Å². The molecule has 0 saturated heterocycles. The average molecular weight is 322 g/mol. The van der Waals surface area contributed by atoms with E-state index < -0.39 is 23.0 Å². The molecule has 23 heavy (non-hydrogen) atoms. The molecule has 1 fully saturated rings. The van der Waals surface area contributed by atoms with Crippen molar-refractivity contribution >= 4 is 17.5 Å². The van der Waals surface area contributed by atoms with E-state index in [4.69, 9.17) is 5.73 Å². The van der Waals surface area contributed by atoms with Gasteiger partial charge in [-0.2, -0.15) is 0 Å². The molecule has 0 radical (unpaired) electrons. The lowest BCUT2D eigenvalue weighted by Gasteiger charge is -2.36. The Balaban J connectivity index is 2.16. The van der Waals surface area contributed by atoms with Crippen molar-refractivity contribution < 1.29 is 18.4 Å². The molecule has 1 aliphatic heterocycles. The summed E-state index contributed by atoms with van der Waals surface area (Å²) < 4.78 is 28.4. The normalized spacial score (nSPS) is 24.8. The Kier molecular flexibility index (Phi) is 3.86. The van der Waals surface area contributed by atoms with Crippen LogP contribution in [0.3, 0.4) is 0 Å². The van der Waals surface area contributed by atoms with Gasteiger partial charge in [0, 0.05) is 5.56 Å². The van der Waals surface area contributed by atoms with Gasteiger partial charge in [-0.1, -0.05) is 19.3 Å². The quantitative estimate of drug-likeness (QED) is 0.930. The maximum absolute atomic E-state index is 14.6. The summed E-state index contributed by atoms with van der Waals surface area (Å²) in [5.74, 6) is -3.06. The number of hydrogen-bond donors (Lipinski definition) is 1. The van der Waals surface area contributed by atoms with E-state index in [0.717, 1.165) is 38.2 Å². The van der Waals surface area contributed by atoms with Crippen molar-refractivity contribution in [3.05, 3.63) is 29.3 Å². The van der Waals surface area contributed by atoms with Gasteiger partial charge in [-0.25, -0.2) is 8.78 Å². The van der Waals surface area contributed by atoms with Crippen molar-refractivity contribution in [3.63, 3.8) is 0 Å². The van der Waals surface area contributed by atoms with Crippen molar-refractivity contribution in [2.24, 2.45) is 11.7 Å². The van der Waals surface area contributed by atoms with Crippen LogP contribution < -0.4 is 10.6 Å². The Labute approximate surface area is 133 Å². The fourth-order valence-corrected chi connectivity index (χ4v) is 4.13. The van der Waals surface area contributed by atoms with Crippen LogP contribution in [0.4, 0.5) is 14.5 Å². The van der Waals surface area contributed by atoms with Gasteiger partial charge in [0.25, 0.3) is 0 Å². The van der Waals surface area contributed by atoms with Crippen LogP contribution in [0.15, 0.2) is 12.1 Å². The molecule has 1 saturated carbocycles. The van der Waals surface area contributed by atoms with E-state index in [-0.39, 0.29) is 29.6 Å². The first kappa shape index (κ1) is 15.9. The molecule has 3 rings (SSSR count). The number of carbonyl (C=O) groups is 2. The van der Waals surface area contributed by atoms with Gasteiger partial charge in [-0.3, -0.25) is 9.59 Å². The number of anilines is 1. The summed E-state index contributed by atoms with van der Waals surface area (Å²) in [6.07, 6.45) is 4.61. The lowest BCUT2D eigenvalue weighted by Crippen LogP contribution is -2.46. The van der Waals surface area contributed by atoms with Gasteiger partial charge in [0.05, 0.1) is 11.1 Å². The maximum Gasteiger partial charge on any atom is 0.238 e. The van der Waals surface area contributed by atoms with Crippen LogP contribution in [0.5, 0.6) is 0 Å². The Morgan fingerprint density at radius 2 is 1.96 bits per heavy atom. The number of halogens is 2. The lowest BCUT2D eigenvalue weighted by atomic mass is 9.66. The fraction of sp³-hybridized carbons (Fsp3) is 0.529. The number of carbonyl (C=O) groups excluding carboxylic acids is 2. The van der Waals surface area contributed by atoms with Crippen molar-refractivity contribution in [2.75, 3.05) is 11.4 Å². The van der Waals surface area contributed by atoms with E-state index in [1.54, 1.807) is 6.92 Å². The first-order chi connectivity index (χ1) is 10.9. The van der Waals surface area contributed by atoms with E-state index in [9.17, 15) is 18.4 Å². The third kappa shape index (κ3) is 2.31. The molecule has 0 aromatic heterocycles. The van der Waals surface area contributed by atoms with E-state index >= 15 is 0 Å². The maximum atomic E-state index is 14.6. The molecule has 2 aliphatic rings. The standard InChI is InChI=1S/C17H20F2N2O2/c1-17(10-5-3-2-4-6-10)14-12(8-7-11(18)15(14)19)21(16(17)23)9-13(20)22/h7-8,10H,2-6,9H2,1H3,(H2,20,22)/t17-/m1/s1. The molecular formula is C17H20F2N2O2. The van der Waals surface area contributed by atoms with E-state index in [0.29, 0.717) is 0 Å². The molecule has 1 aromatic carbocycles. The average Bonchev–Trinajstić information content (AvgIpc) is 2.74. The molecule has 1 atom stereocenters. The van der Waals surface area contributed by atoms with Crippen LogP contribution in [-0.2, 0) is 15.0 Å². The van der Waals surface area contributed by atoms with Crippen molar-refractivity contribution in [1.82, 2.24) is 0 Å². The first-order valence-corrected chi connectivity index (χ1v) is 7.96. The summed E-state index contributed by atoms with van der Waals surface area (Å²) in [4.78, 5) is 25.5. The van der Waals surface area contributed by atoms with Crippen LogP contribution in [0.1, 0.15) is 44.6 Å². The van der Waals surface area contributed by atoms with Crippen LogP contribution in [-0.4, -0.2) is 18.4 Å². The summed E-state index contributed by atoms with van der Waals surface area (Å²) in [6.45, 7) is 1.35. The van der Waals surface area contributed by atoms with Crippen molar-refractivity contribution in [1.29, 1.82) is 0 Å². The fourth-order valence-electron chi connectivity index (χ4n) is 4.13. The second-order valence-corrected chi connectivity index (χ2v) is 6.65. The Bertz CT molecular complexity index is 671. The number of nitrogens with two attached hydrogens (primary N) is 1. The molecule has 124 valence electrons. The Hall–Kier alpha value is -1.98. The number of nitrogens with zero attached hydrogens (tertiary/aromatic N) is 1. The summed E-state index contributed by atoms with van der Waals surface area (Å²) in [5.41, 5.74) is 4.43. The highest BCUT2D eigenvalue weighted by Crippen LogP contribution is 2.51. The summed E-state index contributed by atoms with van der Waals surface area (Å²) in [5, 5.41) is 0. The molecule has 0 spiro atoms. The third-order valence-electron chi connectivity index (χ3n) is 5.31. The van der Waals surface area contributed by atoms with Gasteiger partial charge in [0.15, 0.2) is 11.6 Å². The van der Waals surface area contributed by atoms with Crippen LogP contribution in [0.2, 0.25) is 0 Å². The predicted molar refractivity (Wildman–Crippen MR) is 81.8 cm³/mol. The second-order valence-electron chi connectivity index (χ2n) is 6.65. The van der Waals surface area contributed by atoms with Crippen LogP contribution in [0.25, 0.3) is 0 Å². The molecule has 1 aliphatic carbocycles. The smallest absolute Gasteiger partial charge is 0.238 e. The topological polar surface area (TPSA) is 63.4 Å². The Morgan fingerprint density at radius 1 is 1.30 bits per heavy atom. The van der Waals surface area contributed by atoms with E-state index in [2.05, 4.69) is 0 Å². The summed E-state index contributed by atoms with van der Waals surface area (Å²) >= 11 is 0. The summed E-state index contributed by atoms with van der Waals surface area (Å²) in [7, 11) is 0. The molecule has 0 unspecified atom stereocenters. The van der Waals surface area contributed by atoms with Gasteiger partial charge >= 0.3 is 0 Å². The lowest BCUT2D eigenvalue weighted by molar-refractivity contribution is -0.127. The number of hydrogen-bond acceptors (Lipinski definition) is 2. The van der Waals surface area contributed by atoms with Gasteiger partial charge in [0.1, 0.15) is 6.54 Å². The number of fused-ring (bicyclic) bond motifs is 1. The number of amides is 2. The Morgan fingerprint density at radius 3 is 2.57 bits per heavy atom. The highest BCUT2D eigenvalue weighted by molar-refractivity contribution is 6.10. The van der Waals surface area contributed by atoms with Gasteiger partial charge in [0.2, 0.25) is 11.8 Å². The number of primary amides is 1. The monoisotopic (exact) mass is 322 g/mol. The van der Waals surface area contributed by atoms with Crippen molar-refractivity contribution in [2.45, 2.75) is 44.4 Å². The minimum absolute atomic E-state index is 0.0586. The SMILES string of the molecule is C[C@]1(C2CCCCC2)C(=O)N(CC(N)=O)c2ccc(F)c(F)c21. The van der Waals surface area contributed by atoms with Crippen LogP contribution in [0, 0.1) is 17.6 Å². The summed E-state index contributed by atoms with van der Waals surface area (Å²) in [6, 6.07) is 2.35. The molecule has 4 nitrogen and oxygen atoms in total. The minimum Gasteiger partial charge on any atom is -0.368 e. The largest absolute Gasteiger partial charge is 0.368 e. The zero-order chi connectivity index (χ0) is 16.8. The van der Waals surface area contributed by atoms with Gasteiger partial charge in [-0.15, -0.1) is 0 Å². The molecular weight excluding hydrogens is 302 g/mol. The number of rotatable bonds is 3. The predicted octanol–water partition coefficient (Wildman–Crippen LogP) is 2.63. The zero-order valence-corrected chi connectivity index (χ0v) is 13.1.